The number of carbonyl (C=O) groups excluding carboxylic acids is 3. The Morgan fingerprint density at radius 2 is 1.78 bits per heavy atom. The molecule has 1 N–H and O–H groups in total. The van der Waals surface area contributed by atoms with Crippen LogP contribution in [0.15, 0.2) is 64.6 Å². The van der Waals surface area contributed by atoms with Gasteiger partial charge in [0.1, 0.15) is 12.2 Å². The van der Waals surface area contributed by atoms with Crippen LogP contribution in [0.1, 0.15) is 16.7 Å². The normalized spacial score (nSPS) is 14.8. The van der Waals surface area contributed by atoms with E-state index in [0.29, 0.717) is 22.0 Å². The highest BCUT2D eigenvalue weighted by Crippen LogP contribution is 2.38. The second-order valence-corrected chi connectivity index (χ2v) is 9.47. The van der Waals surface area contributed by atoms with Crippen LogP contribution in [0.3, 0.4) is 0 Å². The molecule has 0 unspecified atom stereocenters. The zero-order valence-electron chi connectivity index (χ0n) is 19.1. The lowest BCUT2D eigenvalue weighted by atomic mass is 10.1. The maximum absolute atomic E-state index is 13.2. The minimum atomic E-state index is -0.831. The molecule has 0 bridgehead atoms. The third-order valence-electron chi connectivity index (χ3n) is 5.39. The van der Waals surface area contributed by atoms with Gasteiger partial charge in [0.05, 0.1) is 17.8 Å². The summed E-state index contributed by atoms with van der Waals surface area (Å²) < 4.78 is 12.1. The first-order valence-corrected chi connectivity index (χ1v) is 12.2. The number of barbiturate groups is 1. The van der Waals surface area contributed by atoms with Crippen LogP contribution in [0.4, 0.5) is 10.5 Å². The summed E-state index contributed by atoms with van der Waals surface area (Å²) in [7, 11) is 1.44. The number of ether oxygens (including phenoxy) is 2. The van der Waals surface area contributed by atoms with Gasteiger partial charge in [0, 0.05) is 15.1 Å². The van der Waals surface area contributed by atoms with E-state index in [1.54, 1.807) is 30.3 Å². The average Bonchev–Trinajstić information content (AvgIpc) is 2.83. The number of hydrogen-bond donors (Lipinski definition) is 1. The number of urea groups is 1. The predicted molar refractivity (Wildman–Crippen MR) is 142 cm³/mol. The first-order chi connectivity index (χ1) is 17.2. The zero-order valence-corrected chi connectivity index (χ0v) is 22.2. The third kappa shape index (κ3) is 5.26. The largest absolute Gasteiger partial charge is 0.493 e. The Morgan fingerprint density at radius 3 is 2.47 bits per heavy atom. The van der Waals surface area contributed by atoms with E-state index in [-0.39, 0.29) is 23.0 Å². The van der Waals surface area contributed by atoms with Crippen molar-refractivity contribution in [3.8, 4) is 11.5 Å². The fourth-order valence-corrected chi connectivity index (χ4v) is 4.27. The summed E-state index contributed by atoms with van der Waals surface area (Å²) in [4.78, 5) is 39.2. The average molecular weight is 590 g/mol. The second kappa shape index (κ2) is 10.7. The Balaban J connectivity index is 1.66. The van der Waals surface area contributed by atoms with Crippen LogP contribution in [-0.4, -0.2) is 25.0 Å². The van der Waals surface area contributed by atoms with Gasteiger partial charge in [-0.15, -0.1) is 0 Å². The number of methoxy groups -OCH3 is 1. The van der Waals surface area contributed by atoms with Crippen molar-refractivity contribution in [3.63, 3.8) is 0 Å². The number of hydrogen-bond acceptors (Lipinski definition) is 5. The molecular weight excluding hydrogens is 571 g/mol. The number of halogens is 3. The Morgan fingerprint density at radius 1 is 1.03 bits per heavy atom. The SMILES string of the molecule is COc1cc(/C=C2\C(=O)NC(=O)N(c3ccc(Br)c(C)c3)C2=O)cc(Cl)c1OCc1ccccc1Cl. The van der Waals surface area contributed by atoms with Gasteiger partial charge < -0.3 is 9.47 Å². The van der Waals surface area contributed by atoms with Gasteiger partial charge >= 0.3 is 6.03 Å². The number of nitrogens with one attached hydrogen (secondary N) is 1. The minimum Gasteiger partial charge on any atom is -0.493 e. The van der Waals surface area contributed by atoms with Crippen LogP contribution in [-0.2, 0) is 16.2 Å². The lowest BCUT2D eigenvalue weighted by Crippen LogP contribution is -2.54. The van der Waals surface area contributed by atoms with Crippen molar-refractivity contribution in [2.75, 3.05) is 12.0 Å². The third-order valence-corrected chi connectivity index (χ3v) is 6.93. The van der Waals surface area contributed by atoms with E-state index in [9.17, 15) is 14.4 Å². The molecule has 3 aromatic carbocycles. The molecule has 4 amide bonds. The molecule has 1 aliphatic heterocycles. The van der Waals surface area contributed by atoms with Crippen LogP contribution in [0.2, 0.25) is 10.0 Å². The van der Waals surface area contributed by atoms with E-state index in [2.05, 4.69) is 21.2 Å². The van der Waals surface area contributed by atoms with E-state index >= 15 is 0 Å². The van der Waals surface area contributed by atoms with Crippen molar-refractivity contribution in [3.05, 3.63) is 91.4 Å². The number of imide groups is 2. The number of carbonyl (C=O) groups is 3. The molecule has 1 heterocycles. The maximum Gasteiger partial charge on any atom is 0.335 e. The van der Waals surface area contributed by atoms with E-state index < -0.39 is 17.8 Å². The number of benzene rings is 3. The fourth-order valence-electron chi connectivity index (χ4n) is 3.56. The summed E-state index contributed by atoms with van der Waals surface area (Å²) in [5.41, 5.74) is 2.08. The molecule has 36 heavy (non-hydrogen) atoms. The number of rotatable bonds is 6. The van der Waals surface area contributed by atoms with Crippen LogP contribution >= 0.6 is 39.1 Å². The topological polar surface area (TPSA) is 84.9 Å². The lowest BCUT2D eigenvalue weighted by molar-refractivity contribution is -0.122. The quantitative estimate of drug-likeness (QED) is 0.269. The van der Waals surface area contributed by atoms with Crippen LogP contribution in [0, 0.1) is 6.92 Å². The second-order valence-electron chi connectivity index (χ2n) is 7.81. The summed E-state index contributed by atoms with van der Waals surface area (Å²) >= 11 is 16.1. The number of anilines is 1. The van der Waals surface area contributed by atoms with Crippen molar-refractivity contribution in [2.24, 2.45) is 0 Å². The predicted octanol–water partition coefficient (Wildman–Crippen LogP) is 6.32. The summed E-state index contributed by atoms with van der Waals surface area (Å²) in [5.74, 6) is -1.01. The van der Waals surface area contributed by atoms with Gasteiger partial charge in [-0.2, -0.15) is 0 Å². The van der Waals surface area contributed by atoms with Crippen molar-refractivity contribution in [1.29, 1.82) is 0 Å². The van der Waals surface area contributed by atoms with Crippen molar-refractivity contribution < 1.29 is 23.9 Å². The maximum atomic E-state index is 13.2. The number of aryl methyl sites for hydroxylation is 1. The minimum absolute atomic E-state index is 0.154. The first kappa shape index (κ1) is 25.8. The Hall–Kier alpha value is -3.33. The molecule has 0 radical (unpaired) electrons. The van der Waals surface area contributed by atoms with Gasteiger partial charge in [0.25, 0.3) is 11.8 Å². The van der Waals surface area contributed by atoms with E-state index in [1.165, 1.54) is 19.3 Å². The van der Waals surface area contributed by atoms with E-state index in [4.69, 9.17) is 32.7 Å². The summed E-state index contributed by atoms with van der Waals surface area (Å²) in [6, 6.07) is 14.5. The van der Waals surface area contributed by atoms with E-state index in [1.807, 2.05) is 25.1 Å². The molecule has 0 atom stereocenters. The van der Waals surface area contributed by atoms with Gasteiger partial charge in [0.2, 0.25) is 0 Å². The molecule has 1 fully saturated rings. The van der Waals surface area contributed by atoms with Gasteiger partial charge in [0.15, 0.2) is 11.5 Å². The van der Waals surface area contributed by atoms with Gasteiger partial charge in [-0.1, -0.05) is 57.3 Å². The summed E-state index contributed by atoms with van der Waals surface area (Å²) in [6.45, 7) is 1.98. The summed E-state index contributed by atoms with van der Waals surface area (Å²) in [6.07, 6.45) is 1.34. The molecule has 0 saturated carbocycles. The molecule has 0 aromatic heterocycles. The van der Waals surface area contributed by atoms with Gasteiger partial charge in [-0.05, 0) is 60.5 Å². The molecule has 1 aliphatic rings. The molecule has 0 spiro atoms. The number of amides is 4. The molecule has 0 aliphatic carbocycles. The Bertz CT molecular complexity index is 1420. The highest BCUT2D eigenvalue weighted by molar-refractivity contribution is 9.10. The molecular formula is C26H19BrCl2N2O5. The Kier molecular flexibility index (Phi) is 7.68. The number of nitrogens with zero attached hydrogens (tertiary/aromatic N) is 1. The van der Waals surface area contributed by atoms with Crippen LogP contribution in [0.5, 0.6) is 11.5 Å². The van der Waals surface area contributed by atoms with Gasteiger partial charge in [-0.25, -0.2) is 9.69 Å². The van der Waals surface area contributed by atoms with Crippen LogP contribution < -0.4 is 19.7 Å². The highest BCUT2D eigenvalue weighted by Gasteiger charge is 2.37. The van der Waals surface area contributed by atoms with Gasteiger partial charge in [-0.3, -0.25) is 14.9 Å². The fraction of sp³-hybridized carbons (Fsp3) is 0.115. The summed E-state index contributed by atoms with van der Waals surface area (Å²) in [5, 5.41) is 2.96. The molecule has 4 rings (SSSR count). The molecule has 184 valence electrons. The Labute approximate surface area is 225 Å². The highest BCUT2D eigenvalue weighted by atomic mass is 79.9. The van der Waals surface area contributed by atoms with Crippen molar-refractivity contribution >= 4 is 68.7 Å². The lowest BCUT2D eigenvalue weighted by Gasteiger charge is -2.26. The standard InChI is InChI=1S/C26H19BrCl2N2O5/c1-14-9-17(7-8-19(14)27)31-25(33)18(24(32)30-26(31)34)10-15-11-21(29)23(22(12-15)35-2)36-13-16-5-3-4-6-20(16)28/h3-12H,13H2,1-2H3,(H,30,32,34)/b18-10+. The molecule has 10 heteroatoms. The molecule has 7 nitrogen and oxygen atoms in total. The molecule has 1 saturated heterocycles. The monoisotopic (exact) mass is 588 g/mol. The van der Waals surface area contributed by atoms with Crippen molar-refractivity contribution in [2.45, 2.75) is 13.5 Å². The zero-order chi connectivity index (χ0) is 26.0. The first-order valence-electron chi connectivity index (χ1n) is 10.6. The van der Waals surface area contributed by atoms with E-state index in [0.717, 1.165) is 20.5 Å². The smallest absolute Gasteiger partial charge is 0.335 e. The molecule has 3 aromatic rings. The van der Waals surface area contributed by atoms with Crippen LogP contribution in [0.25, 0.3) is 6.08 Å². The van der Waals surface area contributed by atoms with Crippen molar-refractivity contribution in [1.82, 2.24) is 5.32 Å².